The Morgan fingerprint density at radius 2 is 1.38 bits per heavy atom. The summed E-state index contributed by atoms with van der Waals surface area (Å²) in [5.74, 6) is 1.45. The van der Waals surface area contributed by atoms with Gasteiger partial charge >= 0.3 is 0 Å². The van der Waals surface area contributed by atoms with E-state index in [0.29, 0.717) is 11.8 Å². The molecule has 0 spiro atoms. The minimum Gasteiger partial charge on any atom is -0.369 e. The van der Waals surface area contributed by atoms with Gasteiger partial charge in [-0.3, -0.25) is 0 Å². The molecule has 0 aromatic heterocycles. The molecule has 2 aliphatic rings. The van der Waals surface area contributed by atoms with Crippen molar-refractivity contribution in [1.29, 1.82) is 0 Å². The number of rotatable bonds is 3. The minimum atomic E-state index is 0. The smallest absolute Gasteiger partial charge is 0.211 e. The fourth-order valence-corrected chi connectivity index (χ4v) is 1.37. The number of nitrogens with two attached hydrogens (primary N) is 2. The number of hydrogen-bond acceptors (Lipinski definition) is 2. The molecule has 0 saturated heterocycles. The summed E-state index contributed by atoms with van der Waals surface area (Å²) in [6.45, 7) is 0. The van der Waals surface area contributed by atoms with Crippen molar-refractivity contribution in [1.82, 2.24) is 0 Å². The maximum absolute atomic E-state index is 5.20. The average molecular weight is 203 g/mol. The van der Waals surface area contributed by atoms with Crippen molar-refractivity contribution < 1.29 is 0 Å². The summed E-state index contributed by atoms with van der Waals surface area (Å²) in [7, 11) is 0. The predicted octanol–water partition coefficient (Wildman–Crippen LogP) is 0.858. The second kappa shape index (κ2) is 3.96. The SMILES string of the molecule is Cl.NC(N)=NN=C(C1CC1)C1CC1. The topological polar surface area (TPSA) is 76.8 Å². The Morgan fingerprint density at radius 1 is 0.923 bits per heavy atom. The van der Waals surface area contributed by atoms with Gasteiger partial charge in [0.05, 0.1) is 0 Å². The summed E-state index contributed by atoms with van der Waals surface area (Å²) in [5, 5.41) is 7.81. The molecule has 2 fully saturated rings. The van der Waals surface area contributed by atoms with E-state index < -0.39 is 0 Å². The molecule has 0 radical (unpaired) electrons. The third-order valence-corrected chi connectivity index (χ3v) is 2.27. The maximum atomic E-state index is 5.20. The first kappa shape index (κ1) is 10.3. The van der Waals surface area contributed by atoms with Gasteiger partial charge in [0, 0.05) is 5.71 Å². The summed E-state index contributed by atoms with van der Waals surface area (Å²) >= 11 is 0. The maximum Gasteiger partial charge on any atom is 0.211 e. The molecule has 0 aromatic carbocycles. The second-order valence-corrected chi connectivity index (χ2v) is 3.60. The molecule has 0 atom stereocenters. The highest BCUT2D eigenvalue weighted by atomic mass is 35.5. The third kappa shape index (κ3) is 2.88. The van der Waals surface area contributed by atoms with Gasteiger partial charge in [0.15, 0.2) is 0 Å². The molecule has 0 unspecified atom stereocenters. The molecule has 0 heterocycles. The fourth-order valence-electron chi connectivity index (χ4n) is 1.37. The molecule has 0 bridgehead atoms. The molecule has 0 aliphatic heterocycles. The molecular weight excluding hydrogens is 188 g/mol. The van der Waals surface area contributed by atoms with Crippen LogP contribution in [0.2, 0.25) is 0 Å². The van der Waals surface area contributed by atoms with Crippen LogP contribution in [-0.4, -0.2) is 11.7 Å². The molecule has 5 heteroatoms. The highest BCUT2D eigenvalue weighted by molar-refractivity contribution is 5.93. The standard InChI is InChI=1S/C8H14N4.ClH/c9-8(10)12-11-7(5-1-2-5)6-3-4-6;/h5-6H,1-4H2,(H4,9,10,12);1H. The summed E-state index contributed by atoms with van der Waals surface area (Å²) in [4.78, 5) is 0. The van der Waals surface area contributed by atoms with E-state index in [1.165, 1.54) is 31.4 Å². The van der Waals surface area contributed by atoms with E-state index in [1.807, 2.05) is 0 Å². The summed E-state index contributed by atoms with van der Waals surface area (Å²) in [5.41, 5.74) is 11.6. The molecule has 4 nitrogen and oxygen atoms in total. The van der Waals surface area contributed by atoms with Crippen LogP contribution in [0.3, 0.4) is 0 Å². The van der Waals surface area contributed by atoms with Crippen LogP contribution >= 0.6 is 12.4 Å². The molecule has 0 amide bonds. The summed E-state index contributed by atoms with van der Waals surface area (Å²) in [6, 6.07) is 0. The van der Waals surface area contributed by atoms with E-state index in [-0.39, 0.29) is 18.4 Å². The fraction of sp³-hybridized carbons (Fsp3) is 0.750. The molecule has 13 heavy (non-hydrogen) atoms. The van der Waals surface area contributed by atoms with Crippen molar-refractivity contribution in [3.05, 3.63) is 0 Å². The molecule has 2 aliphatic carbocycles. The first-order chi connectivity index (χ1) is 5.77. The molecule has 4 N–H and O–H groups in total. The van der Waals surface area contributed by atoms with Gasteiger partial charge in [-0.25, -0.2) is 0 Å². The van der Waals surface area contributed by atoms with Crippen molar-refractivity contribution >= 4 is 24.1 Å². The lowest BCUT2D eigenvalue weighted by Crippen LogP contribution is -2.22. The van der Waals surface area contributed by atoms with Crippen molar-refractivity contribution in [2.75, 3.05) is 0 Å². The van der Waals surface area contributed by atoms with Crippen molar-refractivity contribution in [3.8, 4) is 0 Å². The monoisotopic (exact) mass is 202 g/mol. The van der Waals surface area contributed by atoms with Gasteiger partial charge < -0.3 is 11.5 Å². The zero-order valence-corrected chi connectivity index (χ0v) is 8.26. The molecule has 2 rings (SSSR count). The van der Waals surface area contributed by atoms with Gasteiger partial charge in [-0.05, 0) is 37.5 Å². The largest absolute Gasteiger partial charge is 0.369 e. The van der Waals surface area contributed by atoms with E-state index in [2.05, 4.69) is 10.2 Å². The number of hydrogen-bond donors (Lipinski definition) is 2. The van der Waals surface area contributed by atoms with Crippen molar-refractivity contribution in [2.45, 2.75) is 25.7 Å². The Balaban J connectivity index is 0.000000845. The Labute approximate surface area is 83.9 Å². The van der Waals surface area contributed by atoms with Crippen LogP contribution in [0, 0.1) is 11.8 Å². The van der Waals surface area contributed by atoms with E-state index >= 15 is 0 Å². The Bertz CT molecular complexity index is 223. The van der Waals surface area contributed by atoms with Gasteiger partial charge in [0.1, 0.15) is 0 Å². The first-order valence-electron chi connectivity index (χ1n) is 4.43. The highest BCUT2D eigenvalue weighted by Gasteiger charge is 2.38. The van der Waals surface area contributed by atoms with E-state index in [4.69, 9.17) is 11.5 Å². The van der Waals surface area contributed by atoms with Crippen LogP contribution < -0.4 is 11.5 Å². The van der Waals surface area contributed by atoms with Gasteiger partial charge in [0.25, 0.3) is 0 Å². The Morgan fingerprint density at radius 3 is 1.69 bits per heavy atom. The van der Waals surface area contributed by atoms with E-state index in [9.17, 15) is 0 Å². The van der Waals surface area contributed by atoms with Gasteiger partial charge in [-0.15, -0.1) is 17.5 Å². The van der Waals surface area contributed by atoms with Crippen molar-refractivity contribution in [2.24, 2.45) is 33.5 Å². The molecular formula is C8H15ClN4. The molecule has 0 aromatic rings. The lowest BCUT2D eigenvalue weighted by Gasteiger charge is -1.97. The molecule has 2 saturated carbocycles. The number of nitrogens with zero attached hydrogens (tertiary/aromatic N) is 2. The highest BCUT2D eigenvalue weighted by Crippen LogP contribution is 2.42. The van der Waals surface area contributed by atoms with E-state index in [0.717, 1.165) is 0 Å². The molecule has 74 valence electrons. The van der Waals surface area contributed by atoms with Gasteiger partial charge in [-0.1, -0.05) is 0 Å². The van der Waals surface area contributed by atoms with Crippen molar-refractivity contribution in [3.63, 3.8) is 0 Å². The number of halogens is 1. The van der Waals surface area contributed by atoms with Gasteiger partial charge in [0.2, 0.25) is 5.96 Å². The quantitative estimate of drug-likeness (QED) is 0.405. The Kier molecular flexibility index (Phi) is 3.14. The minimum absolute atomic E-state index is 0. The summed E-state index contributed by atoms with van der Waals surface area (Å²) in [6.07, 6.45) is 5.09. The van der Waals surface area contributed by atoms with E-state index in [1.54, 1.807) is 0 Å². The summed E-state index contributed by atoms with van der Waals surface area (Å²) < 4.78 is 0. The predicted molar refractivity (Wildman–Crippen MR) is 55.9 cm³/mol. The second-order valence-electron chi connectivity index (χ2n) is 3.60. The van der Waals surface area contributed by atoms with Crippen LogP contribution in [0.25, 0.3) is 0 Å². The van der Waals surface area contributed by atoms with Crippen LogP contribution in [0.1, 0.15) is 25.7 Å². The third-order valence-electron chi connectivity index (χ3n) is 2.27. The lowest BCUT2D eigenvalue weighted by molar-refractivity contribution is 1.00. The van der Waals surface area contributed by atoms with Crippen LogP contribution in [0.15, 0.2) is 10.2 Å². The zero-order chi connectivity index (χ0) is 8.55. The number of guanidine groups is 1. The zero-order valence-electron chi connectivity index (χ0n) is 7.44. The average Bonchev–Trinajstić information content (AvgIpc) is 2.83. The Hall–Kier alpha value is -0.770. The van der Waals surface area contributed by atoms with Crippen LogP contribution in [0.5, 0.6) is 0 Å². The normalized spacial score (nSPS) is 20.0. The first-order valence-corrected chi connectivity index (χ1v) is 4.43. The van der Waals surface area contributed by atoms with Crippen LogP contribution in [0.4, 0.5) is 0 Å². The van der Waals surface area contributed by atoms with Gasteiger partial charge in [-0.2, -0.15) is 5.10 Å². The van der Waals surface area contributed by atoms with Crippen LogP contribution in [-0.2, 0) is 0 Å². The lowest BCUT2D eigenvalue weighted by atomic mass is 10.2.